The topological polar surface area (TPSA) is 154 Å². The number of amides is 2. The Morgan fingerprint density at radius 3 is 1.63 bits per heavy atom. The van der Waals surface area contributed by atoms with Crippen LogP contribution in [0.1, 0.15) is 129 Å². The molecule has 0 rings (SSSR count). The second-order valence-corrected chi connectivity index (χ2v) is 11.2. The Hall–Kier alpha value is -1.68. The number of hydrogen-bond acceptors (Lipinski definition) is 6. The molecule has 0 aromatic rings. The zero-order valence-electron chi connectivity index (χ0n) is 22.0. The van der Waals surface area contributed by atoms with E-state index in [9.17, 15) is 18.0 Å². The van der Waals surface area contributed by atoms with E-state index in [1.54, 1.807) is 0 Å². The third-order valence-corrected chi connectivity index (χ3v) is 7.31. The predicted molar refractivity (Wildman–Crippen MR) is 143 cm³/mol. The van der Waals surface area contributed by atoms with Crippen molar-refractivity contribution in [2.75, 3.05) is 12.3 Å². The standard InChI is InChI=1S/C25H51N5O4S/c1-2-3-21-28-24(31)20-17-22-35(33,34)30-25(32)19-16-14-12-10-8-6-4-5-7-9-11-13-15-18-23(26)29-27/h2-22,27H2,1H3,(H2,26,29)(H,28,31)(H,30,32). The number of amidine groups is 1. The van der Waals surface area contributed by atoms with E-state index in [0.29, 0.717) is 18.8 Å². The predicted octanol–water partition coefficient (Wildman–Crippen LogP) is 4.42. The van der Waals surface area contributed by atoms with E-state index >= 15 is 0 Å². The molecule has 35 heavy (non-hydrogen) atoms. The van der Waals surface area contributed by atoms with Crippen LogP contribution in [0.2, 0.25) is 0 Å². The number of rotatable bonds is 24. The van der Waals surface area contributed by atoms with E-state index in [4.69, 9.17) is 11.3 Å². The maximum Gasteiger partial charge on any atom is 0.234 e. The van der Waals surface area contributed by atoms with E-state index in [-0.39, 0.29) is 30.9 Å². The maximum atomic E-state index is 12.0. The highest BCUT2D eigenvalue weighted by molar-refractivity contribution is 7.90. The molecule has 0 spiro atoms. The van der Waals surface area contributed by atoms with Gasteiger partial charge in [0.1, 0.15) is 5.84 Å². The Balaban J connectivity index is 3.51. The van der Waals surface area contributed by atoms with Crippen LogP contribution in [0.4, 0.5) is 0 Å². The minimum Gasteiger partial charge on any atom is -0.356 e. The van der Waals surface area contributed by atoms with Gasteiger partial charge in [-0.2, -0.15) is 0 Å². The van der Waals surface area contributed by atoms with Crippen LogP contribution >= 0.6 is 0 Å². The van der Waals surface area contributed by atoms with E-state index in [1.807, 2.05) is 6.92 Å². The Morgan fingerprint density at radius 2 is 1.14 bits per heavy atom. The molecule has 206 valence electrons. The van der Waals surface area contributed by atoms with Gasteiger partial charge in [-0.05, 0) is 25.7 Å². The fraction of sp³-hybridized carbons (Fsp3) is 0.880. The van der Waals surface area contributed by atoms with E-state index in [0.717, 1.165) is 51.4 Å². The SMILES string of the molecule is CCCCNC(=O)CCCS(=O)(=O)NC(=O)CCCCCCCCCCCCCCCC(=N)NN. The molecule has 10 heteroatoms. The first kappa shape index (κ1) is 33.3. The van der Waals surface area contributed by atoms with Crippen LogP contribution in [-0.2, 0) is 19.6 Å². The number of carbonyl (C=O) groups is 2. The summed E-state index contributed by atoms with van der Waals surface area (Å²) >= 11 is 0. The molecule has 0 bridgehead atoms. The van der Waals surface area contributed by atoms with Gasteiger partial charge < -0.3 is 10.7 Å². The summed E-state index contributed by atoms with van der Waals surface area (Å²) in [5.74, 6) is 4.77. The monoisotopic (exact) mass is 517 g/mol. The van der Waals surface area contributed by atoms with E-state index < -0.39 is 15.9 Å². The molecule has 0 saturated carbocycles. The van der Waals surface area contributed by atoms with E-state index in [1.165, 1.54) is 44.9 Å². The maximum absolute atomic E-state index is 12.0. The van der Waals surface area contributed by atoms with Crippen molar-refractivity contribution in [3.63, 3.8) is 0 Å². The molecule has 0 aromatic heterocycles. The van der Waals surface area contributed by atoms with Crippen molar-refractivity contribution < 1.29 is 18.0 Å². The quantitative estimate of drug-likeness (QED) is 0.0420. The first-order chi connectivity index (χ1) is 16.8. The zero-order valence-corrected chi connectivity index (χ0v) is 22.8. The summed E-state index contributed by atoms with van der Waals surface area (Å²) in [6.07, 6.45) is 18.0. The van der Waals surface area contributed by atoms with Crippen LogP contribution in [-0.4, -0.2) is 38.4 Å². The lowest BCUT2D eigenvalue weighted by Gasteiger charge is -2.07. The van der Waals surface area contributed by atoms with Crippen LogP contribution in [0.25, 0.3) is 0 Å². The highest BCUT2D eigenvalue weighted by Crippen LogP contribution is 2.13. The number of nitrogens with one attached hydrogen (secondary N) is 4. The molecule has 9 nitrogen and oxygen atoms in total. The number of nitrogens with two attached hydrogens (primary N) is 1. The van der Waals surface area contributed by atoms with E-state index in [2.05, 4.69) is 15.5 Å². The van der Waals surface area contributed by atoms with Crippen LogP contribution in [0.15, 0.2) is 0 Å². The van der Waals surface area contributed by atoms with Gasteiger partial charge in [-0.15, -0.1) is 0 Å². The molecule has 0 aliphatic rings. The first-order valence-electron chi connectivity index (χ1n) is 13.6. The fourth-order valence-electron chi connectivity index (χ4n) is 3.80. The third kappa shape index (κ3) is 23.8. The van der Waals surface area contributed by atoms with Crippen molar-refractivity contribution in [2.45, 2.75) is 129 Å². The molecule has 2 amide bonds. The van der Waals surface area contributed by atoms with Gasteiger partial charge in [0.2, 0.25) is 21.8 Å². The highest BCUT2D eigenvalue weighted by Gasteiger charge is 2.15. The smallest absolute Gasteiger partial charge is 0.234 e. The van der Waals surface area contributed by atoms with Gasteiger partial charge >= 0.3 is 0 Å². The molecule has 0 aromatic carbocycles. The van der Waals surface area contributed by atoms with Gasteiger partial charge in [0.05, 0.1) is 5.75 Å². The van der Waals surface area contributed by atoms with Gasteiger partial charge in [0, 0.05) is 25.8 Å². The fourth-order valence-corrected chi connectivity index (χ4v) is 4.87. The van der Waals surface area contributed by atoms with Crippen molar-refractivity contribution in [1.29, 1.82) is 5.41 Å². The van der Waals surface area contributed by atoms with Crippen LogP contribution in [0.3, 0.4) is 0 Å². The number of carbonyl (C=O) groups excluding carboxylic acids is 2. The average molecular weight is 518 g/mol. The Morgan fingerprint density at radius 1 is 0.686 bits per heavy atom. The second-order valence-electron chi connectivity index (χ2n) is 9.37. The van der Waals surface area contributed by atoms with Gasteiger partial charge in [-0.1, -0.05) is 84.0 Å². The Labute approximate surface area is 213 Å². The average Bonchev–Trinajstić information content (AvgIpc) is 2.81. The molecule has 0 unspecified atom stereocenters. The third-order valence-electron chi connectivity index (χ3n) is 5.94. The van der Waals surface area contributed by atoms with Crippen LogP contribution in [0.5, 0.6) is 0 Å². The van der Waals surface area contributed by atoms with Crippen LogP contribution in [0, 0.1) is 5.41 Å². The molecule has 6 N–H and O–H groups in total. The van der Waals surface area contributed by atoms with Crippen molar-refractivity contribution >= 4 is 27.7 Å². The Bertz CT molecular complexity index is 671. The van der Waals surface area contributed by atoms with Gasteiger partial charge in [-0.3, -0.25) is 19.7 Å². The molecule has 0 aliphatic heterocycles. The normalized spacial score (nSPS) is 11.3. The van der Waals surface area contributed by atoms with Crippen molar-refractivity contribution in [1.82, 2.24) is 15.5 Å². The number of sulfonamides is 1. The van der Waals surface area contributed by atoms with Crippen LogP contribution < -0.4 is 21.3 Å². The lowest BCUT2D eigenvalue weighted by Crippen LogP contribution is -2.33. The summed E-state index contributed by atoms with van der Waals surface area (Å²) < 4.78 is 26.1. The summed E-state index contributed by atoms with van der Waals surface area (Å²) in [6, 6.07) is 0. The molecule has 0 radical (unpaired) electrons. The van der Waals surface area contributed by atoms with Gasteiger partial charge in [0.25, 0.3) is 0 Å². The lowest BCUT2D eigenvalue weighted by molar-refractivity contribution is -0.121. The van der Waals surface area contributed by atoms with Crippen molar-refractivity contribution in [3.8, 4) is 0 Å². The number of hydrazine groups is 1. The Kier molecular flexibility index (Phi) is 21.7. The molecular formula is C25H51N5O4S. The van der Waals surface area contributed by atoms with Crippen molar-refractivity contribution in [2.24, 2.45) is 5.84 Å². The zero-order chi connectivity index (χ0) is 26.2. The molecular weight excluding hydrogens is 466 g/mol. The minimum atomic E-state index is -3.67. The summed E-state index contributed by atoms with van der Waals surface area (Å²) in [5, 5.41) is 10.2. The largest absolute Gasteiger partial charge is 0.356 e. The molecule has 0 aliphatic carbocycles. The van der Waals surface area contributed by atoms with Gasteiger partial charge in [0.15, 0.2) is 0 Å². The minimum absolute atomic E-state index is 0.147. The van der Waals surface area contributed by atoms with Gasteiger partial charge in [-0.25, -0.2) is 14.3 Å². The number of unbranched alkanes of at least 4 members (excludes halogenated alkanes) is 13. The summed E-state index contributed by atoms with van der Waals surface area (Å²) in [6.45, 7) is 2.65. The molecule has 0 atom stereocenters. The summed E-state index contributed by atoms with van der Waals surface area (Å²) in [5.41, 5.74) is 2.37. The second kappa shape index (κ2) is 22.8. The number of hydrogen-bond donors (Lipinski definition) is 5. The molecule has 0 saturated heterocycles. The molecule has 0 fully saturated rings. The summed E-state index contributed by atoms with van der Waals surface area (Å²) in [4.78, 5) is 23.5. The first-order valence-corrected chi connectivity index (χ1v) is 15.3. The lowest BCUT2D eigenvalue weighted by atomic mass is 10.0. The highest BCUT2D eigenvalue weighted by atomic mass is 32.2. The summed E-state index contributed by atoms with van der Waals surface area (Å²) in [7, 11) is -3.67. The molecule has 0 heterocycles. The van der Waals surface area contributed by atoms with Crippen molar-refractivity contribution in [3.05, 3.63) is 0 Å².